The van der Waals surface area contributed by atoms with Crippen LogP contribution < -0.4 is 4.74 Å². The molecule has 0 spiro atoms. The molecule has 0 aliphatic carbocycles. The van der Waals surface area contributed by atoms with Crippen LogP contribution in [-0.4, -0.2) is 11.6 Å². The van der Waals surface area contributed by atoms with Crippen molar-refractivity contribution >= 4 is 11.6 Å². The third-order valence-corrected chi connectivity index (χ3v) is 1.71. The highest BCUT2D eigenvalue weighted by Crippen LogP contribution is 2.18. The molecular formula is C10H11ClN2O. The molecule has 3 nitrogen and oxygen atoms in total. The van der Waals surface area contributed by atoms with Gasteiger partial charge in [0.25, 0.3) is 0 Å². The Morgan fingerprint density at radius 3 is 2.86 bits per heavy atom. The average molecular weight is 211 g/mol. The van der Waals surface area contributed by atoms with E-state index < -0.39 is 0 Å². The first-order valence-electron chi connectivity index (χ1n) is 4.33. The summed E-state index contributed by atoms with van der Waals surface area (Å²) in [6.45, 7) is 4.58. The lowest BCUT2D eigenvalue weighted by molar-refractivity contribution is 0.260. The van der Waals surface area contributed by atoms with E-state index in [0.717, 1.165) is 0 Å². The number of hydrogen-bond acceptors (Lipinski definition) is 3. The molecule has 0 bridgehead atoms. The summed E-state index contributed by atoms with van der Waals surface area (Å²) in [5, 5.41) is 9.10. The monoisotopic (exact) mass is 210 g/mol. The van der Waals surface area contributed by atoms with Gasteiger partial charge in [-0.15, -0.1) is 0 Å². The quantitative estimate of drug-likeness (QED) is 0.721. The number of halogens is 1. The molecular weight excluding hydrogens is 200 g/mol. The van der Waals surface area contributed by atoms with Crippen molar-refractivity contribution in [1.29, 1.82) is 5.26 Å². The van der Waals surface area contributed by atoms with Gasteiger partial charge in [0.1, 0.15) is 16.8 Å². The summed E-state index contributed by atoms with van der Waals surface area (Å²) in [7, 11) is 0. The molecule has 1 aromatic rings. The number of ether oxygens (including phenoxy) is 1. The third kappa shape index (κ3) is 2.90. The molecule has 4 heteroatoms. The predicted octanol–water partition coefficient (Wildman–Crippen LogP) is 2.64. The molecule has 1 rings (SSSR count). The van der Waals surface area contributed by atoms with Gasteiger partial charge in [0.05, 0.1) is 6.61 Å². The van der Waals surface area contributed by atoms with Crippen molar-refractivity contribution in [3.63, 3.8) is 0 Å². The van der Waals surface area contributed by atoms with E-state index >= 15 is 0 Å². The SMILES string of the molecule is CC(C)COc1nc(Cl)ccc1C#N. The van der Waals surface area contributed by atoms with Crippen molar-refractivity contribution in [3.05, 3.63) is 22.8 Å². The van der Waals surface area contributed by atoms with E-state index in [1.807, 2.05) is 19.9 Å². The van der Waals surface area contributed by atoms with Crippen molar-refractivity contribution in [1.82, 2.24) is 4.98 Å². The summed E-state index contributed by atoms with van der Waals surface area (Å²) >= 11 is 5.69. The molecule has 0 fully saturated rings. The largest absolute Gasteiger partial charge is 0.476 e. The first-order chi connectivity index (χ1) is 6.63. The van der Waals surface area contributed by atoms with Crippen LogP contribution in [0.4, 0.5) is 0 Å². The molecule has 0 aliphatic heterocycles. The molecule has 0 amide bonds. The maximum Gasteiger partial charge on any atom is 0.233 e. The summed E-state index contributed by atoms with van der Waals surface area (Å²) in [6, 6.07) is 5.17. The number of hydrogen-bond donors (Lipinski definition) is 0. The molecule has 0 aromatic carbocycles. The fraction of sp³-hybridized carbons (Fsp3) is 0.400. The number of rotatable bonds is 3. The first kappa shape index (κ1) is 10.8. The minimum atomic E-state index is 0.314. The Hall–Kier alpha value is -1.27. The van der Waals surface area contributed by atoms with Crippen LogP contribution in [0.1, 0.15) is 19.4 Å². The van der Waals surface area contributed by atoms with E-state index in [1.54, 1.807) is 12.1 Å². The highest BCUT2D eigenvalue weighted by atomic mass is 35.5. The second-order valence-electron chi connectivity index (χ2n) is 3.30. The summed E-state index contributed by atoms with van der Waals surface area (Å²) in [5.41, 5.74) is 0.412. The maximum absolute atomic E-state index is 8.76. The minimum Gasteiger partial charge on any atom is -0.476 e. The minimum absolute atomic E-state index is 0.314. The molecule has 14 heavy (non-hydrogen) atoms. The summed E-state index contributed by atoms with van der Waals surface area (Å²) in [5.74, 6) is 0.705. The van der Waals surface area contributed by atoms with Crippen LogP contribution in [0.3, 0.4) is 0 Å². The molecule has 0 aliphatic rings. The van der Waals surface area contributed by atoms with Crippen LogP contribution in [0.25, 0.3) is 0 Å². The maximum atomic E-state index is 8.76. The highest BCUT2D eigenvalue weighted by Gasteiger charge is 2.06. The number of aromatic nitrogens is 1. The smallest absolute Gasteiger partial charge is 0.233 e. The zero-order chi connectivity index (χ0) is 10.6. The van der Waals surface area contributed by atoms with Gasteiger partial charge in [0.2, 0.25) is 5.88 Å². The second kappa shape index (κ2) is 4.83. The zero-order valence-electron chi connectivity index (χ0n) is 8.12. The van der Waals surface area contributed by atoms with E-state index in [1.165, 1.54) is 0 Å². The van der Waals surface area contributed by atoms with Gasteiger partial charge in [-0.3, -0.25) is 0 Å². The Balaban J connectivity index is 2.84. The standard InChI is InChI=1S/C10H11ClN2O/c1-7(2)6-14-10-8(5-12)3-4-9(11)13-10/h3-4,7H,6H2,1-2H3. The van der Waals surface area contributed by atoms with Crippen LogP contribution >= 0.6 is 11.6 Å². The number of nitriles is 1. The van der Waals surface area contributed by atoms with E-state index in [0.29, 0.717) is 29.1 Å². The van der Waals surface area contributed by atoms with Gasteiger partial charge >= 0.3 is 0 Å². The van der Waals surface area contributed by atoms with Crippen LogP contribution in [0.5, 0.6) is 5.88 Å². The molecule has 0 unspecified atom stereocenters. The Bertz CT molecular complexity index is 358. The van der Waals surface area contributed by atoms with Gasteiger partial charge in [-0.25, -0.2) is 4.98 Å². The molecule has 1 heterocycles. The first-order valence-corrected chi connectivity index (χ1v) is 4.70. The highest BCUT2D eigenvalue weighted by molar-refractivity contribution is 6.29. The molecule has 0 atom stereocenters. The van der Waals surface area contributed by atoms with Crippen molar-refractivity contribution < 1.29 is 4.74 Å². The number of pyridine rings is 1. The lowest BCUT2D eigenvalue weighted by Crippen LogP contribution is -2.06. The lowest BCUT2D eigenvalue weighted by Gasteiger charge is -2.08. The van der Waals surface area contributed by atoms with Crippen molar-refractivity contribution in [2.24, 2.45) is 5.92 Å². The van der Waals surface area contributed by atoms with E-state index in [-0.39, 0.29) is 0 Å². The lowest BCUT2D eigenvalue weighted by atomic mass is 10.2. The fourth-order valence-corrected chi connectivity index (χ4v) is 0.998. The Kier molecular flexibility index (Phi) is 3.73. The Morgan fingerprint density at radius 2 is 2.29 bits per heavy atom. The molecule has 0 saturated carbocycles. The summed E-state index contributed by atoms with van der Waals surface area (Å²) in [4.78, 5) is 3.94. The van der Waals surface area contributed by atoms with Gasteiger partial charge in [-0.1, -0.05) is 25.4 Å². The number of nitrogens with zero attached hydrogens (tertiary/aromatic N) is 2. The van der Waals surface area contributed by atoms with Crippen LogP contribution in [0.15, 0.2) is 12.1 Å². The topological polar surface area (TPSA) is 45.9 Å². The van der Waals surface area contributed by atoms with Crippen LogP contribution in [0, 0.1) is 17.2 Å². The van der Waals surface area contributed by atoms with Crippen LogP contribution in [-0.2, 0) is 0 Å². The Morgan fingerprint density at radius 1 is 1.57 bits per heavy atom. The average Bonchev–Trinajstić information content (AvgIpc) is 2.15. The van der Waals surface area contributed by atoms with Gasteiger partial charge in [-0.05, 0) is 18.1 Å². The molecule has 0 radical (unpaired) electrons. The molecule has 0 saturated heterocycles. The van der Waals surface area contributed by atoms with Gasteiger partial charge < -0.3 is 4.74 Å². The normalized spacial score (nSPS) is 9.93. The second-order valence-corrected chi connectivity index (χ2v) is 3.69. The van der Waals surface area contributed by atoms with Gasteiger partial charge in [0, 0.05) is 0 Å². The van der Waals surface area contributed by atoms with Crippen molar-refractivity contribution in [2.45, 2.75) is 13.8 Å². The van der Waals surface area contributed by atoms with Gasteiger partial charge in [0.15, 0.2) is 0 Å². The Labute approximate surface area is 88.3 Å². The molecule has 74 valence electrons. The van der Waals surface area contributed by atoms with Crippen molar-refractivity contribution in [3.8, 4) is 11.9 Å². The van der Waals surface area contributed by atoms with Crippen LogP contribution in [0.2, 0.25) is 5.15 Å². The predicted molar refractivity (Wildman–Crippen MR) is 54.3 cm³/mol. The molecule has 0 N–H and O–H groups in total. The van der Waals surface area contributed by atoms with E-state index in [4.69, 9.17) is 21.6 Å². The third-order valence-electron chi connectivity index (χ3n) is 1.50. The van der Waals surface area contributed by atoms with Gasteiger partial charge in [-0.2, -0.15) is 5.26 Å². The summed E-state index contributed by atoms with van der Waals surface area (Å²) < 4.78 is 5.35. The van der Waals surface area contributed by atoms with Crippen molar-refractivity contribution in [2.75, 3.05) is 6.61 Å². The zero-order valence-corrected chi connectivity index (χ0v) is 8.88. The van der Waals surface area contributed by atoms with E-state index in [2.05, 4.69) is 4.98 Å². The fourth-order valence-electron chi connectivity index (χ4n) is 0.859. The molecule has 1 aromatic heterocycles. The summed E-state index contributed by atoms with van der Waals surface area (Å²) in [6.07, 6.45) is 0. The van der Waals surface area contributed by atoms with E-state index in [9.17, 15) is 0 Å².